The third-order valence-electron chi connectivity index (χ3n) is 0.0500. The van der Waals surface area contributed by atoms with Crippen molar-refractivity contribution in [2.75, 3.05) is 0 Å². The van der Waals surface area contributed by atoms with Crippen LogP contribution in [-0.2, 0) is 16.5 Å². The van der Waals surface area contributed by atoms with Gasteiger partial charge >= 0.3 is 0 Å². The average Bonchev–Trinajstić information content (AvgIpc) is 1.37. The van der Waals surface area contributed by atoms with E-state index in [1.54, 1.807) is 0 Å². The summed E-state index contributed by atoms with van der Waals surface area (Å²) < 4.78 is 0. The first kappa shape index (κ1) is 16.3. The van der Waals surface area contributed by atoms with Crippen LogP contribution in [0.15, 0.2) is 0 Å². The van der Waals surface area contributed by atoms with Crippen LogP contribution in [0.1, 0.15) is 0 Å². The summed E-state index contributed by atoms with van der Waals surface area (Å²) in [5, 5.41) is 14.5. The largest absolute Gasteiger partial charge is 0.181 e. The normalized spacial score (nSPS) is 1.67. The van der Waals surface area contributed by atoms with Gasteiger partial charge in [0.2, 0.25) is 0 Å². The first-order chi connectivity index (χ1) is 1.91. The molecule has 0 aromatic rings. The van der Waals surface area contributed by atoms with E-state index in [-0.39, 0.29) is 40.4 Å². The first-order valence-corrected chi connectivity index (χ1v) is 0.697. The van der Waals surface area contributed by atoms with Crippen molar-refractivity contribution < 1.29 is 16.5 Å². The van der Waals surface area contributed by atoms with E-state index in [0.717, 1.165) is 0 Å². The molecular formula is C2N2NiSn. The van der Waals surface area contributed by atoms with Crippen molar-refractivity contribution in [1.82, 2.24) is 0 Å². The Bertz CT molecular complexity index is 66.5. The fourth-order valence-electron chi connectivity index (χ4n) is 0. The summed E-state index contributed by atoms with van der Waals surface area (Å²) in [6.07, 6.45) is 0. The molecule has 0 bridgehead atoms. The van der Waals surface area contributed by atoms with Gasteiger partial charge in [-0.1, -0.05) is 0 Å². The van der Waals surface area contributed by atoms with E-state index in [9.17, 15) is 0 Å². The Kier molecular flexibility index (Phi) is 50.6. The first-order valence-electron chi connectivity index (χ1n) is 0.697. The van der Waals surface area contributed by atoms with Gasteiger partial charge in [-0.2, -0.15) is 10.5 Å². The summed E-state index contributed by atoms with van der Waals surface area (Å²) in [6, 6.07) is 2.47. The number of rotatable bonds is 0. The van der Waals surface area contributed by atoms with Crippen molar-refractivity contribution in [3.8, 4) is 12.1 Å². The Labute approximate surface area is 63.0 Å². The van der Waals surface area contributed by atoms with Gasteiger partial charge in [0.05, 0.1) is 0 Å². The van der Waals surface area contributed by atoms with Gasteiger partial charge in [0.25, 0.3) is 0 Å². The van der Waals surface area contributed by atoms with Crippen molar-refractivity contribution in [3.63, 3.8) is 0 Å². The molecule has 0 saturated heterocycles. The Morgan fingerprint density at radius 1 is 1.00 bits per heavy atom. The molecule has 2 nitrogen and oxygen atoms in total. The molecule has 0 aliphatic heterocycles. The average molecular weight is 229 g/mol. The fraction of sp³-hybridized carbons (Fsp3) is 0. The minimum Gasteiger partial charge on any atom is -0.181 e. The smallest absolute Gasteiger partial charge is 0.181 e. The van der Waals surface area contributed by atoms with Crippen LogP contribution in [0.2, 0.25) is 0 Å². The molecule has 0 N–H and O–H groups in total. The minimum atomic E-state index is 0. The summed E-state index contributed by atoms with van der Waals surface area (Å²) in [5.74, 6) is 0. The Morgan fingerprint density at radius 3 is 1.17 bits per heavy atom. The van der Waals surface area contributed by atoms with Gasteiger partial charge in [-0.25, -0.2) is 0 Å². The maximum Gasteiger partial charge on any atom is 0.181 e. The van der Waals surface area contributed by atoms with Gasteiger partial charge in [0, 0.05) is 40.4 Å². The van der Waals surface area contributed by atoms with E-state index in [1.165, 1.54) is 12.1 Å². The molecule has 0 atom stereocenters. The zero-order valence-electron chi connectivity index (χ0n) is 2.71. The zero-order valence-corrected chi connectivity index (χ0v) is 6.55. The van der Waals surface area contributed by atoms with E-state index in [4.69, 9.17) is 10.5 Å². The van der Waals surface area contributed by atoms with Crippen molar-refractivity contribution >= 4 is 23.9 Å². The molecule has 6 heavy (non-hydrogen) atoms. The van der Waals surface area contributed by atoms with Crippen LogP contribution in [0.3, 0.4) is 0 Å². The van der Waals surface area contributed by atoms with Crippen LogP contribution >= 0.6 is 0 Å². The van der Waals surface area contributed by atoms with Crippen LogP contribution in [0.5, 0.6) is 0 Å². The van der Waals surface area contributed by atoms with E-state index in [1.807, 2.05) is 0 Å². The SMILES string of the molecule is N#CC#N.[Ni].[Sn]. The molecular weight excluding hydrogens is 229 g/mol. The van der Waals surface area contributed by atoms with Crippen molar-refractivity contribution in [2.24, 2.45) is 0 Å². The van der Waals surface area contributed by atoms with Crippen molar-refractivity contribution in [2.45, 2.75) is 0 Å². The molecule has 0 heterocycles. The Balaban J connectivity index is -0.0000000450. The summed E-state index contributed by atoms with van der Waals surface area (Å²) in [4.78, 5) is 0. The fourth-order valence-corrected chi connectivity index (χ4v) is 0. The predicted octanol–water partition coefficient (Wildman–Crippen LogP) is -0.350. The Hall–Kier alpha value is 0.272. The molecule has 0 saturated carbocycles. The molecule has 4 radical (unpaired) electrons. The van der Waals surface area contributed by atoms with E-state index in [2.05, 4.69) is 0 Å². The molecule has 32 valence electrons. The number of nitrogens with zero attached hydrogens (tertiary/aromatic N) is 2. The molecule has 0 fully saturated rings. The van der Waals surface area contributed by atoms with Crippen LogP contribution in [0.4, 0.5) is 0 Å². The summed E-state index contributed by atoms with van der Waals surface area (Å²) in [6.45, 7) is 0. The molecule has 0 rings (SSSR count). The third-order valence-corrected chi connectivity index (χ3v) is 0.0500. The van der Waals surface area contributed by atoms with Crippen LogP contribution in [-0.4, -0.2) is 23.9 Å². The number of hydrogen-bond donors (Lipinski definition) is 0. The van der Waals surface area contributed by atoms with Gasteiger partial charge in [-0.05, 0) is 0 Å². The minimum absolute atomic E-state index is 0. The van der Waals surface area contributed by atoms with Crippen LogP contribution in [0.25, 0.3) is 0 Å². The second-order valence-corrected chi connectivity index (χ2v) is 0.224. The molecule has 0 amide bonds. The van der Waals surface area contributed by atoms with Gasteiger partial charge in [0.15, 0.2) is 12.1 Å². The second-order valence-electron chi connectivity index (χ2n) is 0.224. The molecule has 0 unspecified atom stereocenters. The van der Waals surface area contributed by atoms with E-state index < -0.39 is 0 Å². The van der Waals surface area contributed by atoms with Crippen molar-refractivity contribution in [1.29, 1.82) is 10.5 Å². The molecule has 0 spiro atoms. The van der Waals surface area contributed by atoms with Gasteiger partial charge in [-0.3, -0.25) is 0 Å². The summed E-state index contributed by atoms with van der Waals surface area (Å²) >= 11 is 0. The molecule has 0 aromatic carbocycles. The number of hydrogen-bond acceptors (Lipinski definition) is 2. The molecule has 0 aliphatic carbocycles. The second kappa shape index (κ2) is 18.6. The monoisotopic (exact) mass is 230 g/mol. The standard InChI is InChI=1S/C2N2.Ni.Sn/c3-1-2-4;;. The maximum absolute atomic E-state index is 7.26. The molecule has 4 heteroatoms. The van der Waals surface area contributed by atoms with Gasteiger partial charge in [-0.15, -0.1) is 0 Å². The zero-order chi connectivity index (χ0) is 3.41. The van der Waals surface area contributed by atoms with Crippen LogP contribution < -0.4 is 0 Å². The molecule has 0 aliphatic rings. The van der Waals surface area contributed by atoms with E-state index >= 15 is 0 Å². The van der Waals surface area contributed by atoms with Crippen LogP contribution in [0, 0.1) is 22.7 Å². The van der Waals surface area contributed by atoms with Gasteiger partial charge in [0.1, 0.15) is 0 Å². The quantitative estimate of drug-likeness (QED) is 0.533. The number of nitriles is 2. The Morgan fingerprint density at radius 2 is 1.17 bits per heavy atom. The summed E-state index contributed by atoms with van der Waals surface area (Å²) in [5.41, 5.74) is 0. The van der Waals surface area contributed by atoms with Gasteiger partial charge < -0.3 is 0 Å². The maximum atomic E-state index is 7.26. The predicted molar refractivity (Wildman–Crippen MR) is 17.0 cm³/mol. The van der Waals surface area contributed by atoms with Crippen molar-refractivity contribution in [3.05, 3.63) is 0 Å². The molecule has 0 aromatic heterocycles. The third kappa shape index (κ3) is 28.3. The topological polar surface area (TPSA) is 47.6 Å². The summed E-state index contributed by atoms with van der Waals surface area (Å²) in [7, 11) is 0. The van der Waals surface area contributed by atoms with E-state index in [0.29, 0.717) is 0 Å².